The molecule has 0 aromatic rings. The van der Waals surface area contributed by atoms with E-state index >= 15 is 0 Å². The molecule has 7 nitrogen and oxygen atoms in total. The average Bonchev–Trinajstić information content (AvgIpc) is 2.19. The molecule has 1 saturated heterocycles. The van der Waals surface area contributed by atoms with Crippen LogP contribution < -0.4 is 0 Å². The van der Waals surface area contributed by atoms with E-state index in [2.05, 4.69) is 9.47 Å². The van der Waals surface area contributed by atoms with Gasteiger partial charge < -0.3 is 14.4 Å². The van der Waals surface area contributed by atoms with Gasteiger partial charge in [0.15, 0.2) is 0 Å². The number of hydroxylamine groups is 2. The van der Waals surface area contributed by atoms with Crippen LogP contribution in [0.4, 0.5) is 9.59 Å². The lowest BCUT2D eigenvalue weighted by Gasteiger charge is -2.34. The van der Waals surface area contributed by atoms with E-state index < -0.39 is 18.4 Å². The molecule has 0 bridgehead atoms. The Bertz CT molecular complexity index is 244. The molecular formula is C7H12N2O5. The van der Waals surface area contributed by atoms with Crippen LogP contribution in [0.3, 0.4) is 0 Å². The highest BCUT2D eigenvalue weighted by atomic mass is 16.7. The molecule has 0 spiro atoms. The molecule has 0 saturated carbocycles. The second-order valence-electron chi connectivity index (χ2n) is 2.86. The van der Waals surface area contributed by atoms with E-state index in [1.54, 1.807) is 7.05 Å². The van der Waals surface area contributed by atoms with Crippen molar-refractivity contribution in [1.29, 1.82) is 0 Å². The second-order valence-corrected chi connectivity index (χ2v) is 2.86. The van der Waals surface area contributed by atoms with Crippen LogP contribution in [0.15, 0.2) is 0 Å². The summed E-state index contributed by atoms with van der Waals surface area (Å²) in [6, 6.07) is -0.606. The Balaban J connectivity index is 2.55. The normalized spacial score (nSPS) is 22.2. The van der Waals surface area contributed by atoms with Gasteiger partial charge in [-0.1, -0.05) is 0 Å². The smallest absolute Gasteiger partial charge is 0.438 e. The van der Waals surface area contributed by atoms with Crippen LogP contribution in [-0.4, -0.2) is 54.3 Å². The molecule has 0 aromatic heterocycles. The molecule has 1 aliphatic rings. The summed E-state index contributed by atoms with van der Waals surface area (Å²) in [5.74, 6) is 0. The van der Waals surface area contributed by atoms with Crippen molar-refractivity contribution in [3.8, 4) is 0 Å². The van der Waals surface area contributed by atoms with E-state index in [1.165, 1.54) is 4.90 Å². The molecule has 1 rings (SSSR count). The highest BCUT2D eigenvalue weighted by Crippen LogP contribution is 2.14. The maximum atomic E-state index is 11.2. The monoisotopic (exact) mass is 204 g/mol. The molecule has 14 heavy (non-hydrogen) atoms. The van der Waals surface area contributed by atoms with Gasteiger partial charge >= 0.3 is 12.2 Å². The Hall–Kier alpha value is -1.50. The lowest BCUT2D eigenvalue weighted by molar-refractivity contribution is -0.182. The zero-order valence-electron chi connectivity index (χ0n) is 7.97. The van der Waals surface area contributed by atoms with Crippen molar-refractivity contribution >= 4 is 12.2 Å². The molecule has 80 valence electrons. The maximum absolute atomic E-state index is 11.2. The van der Waals surface area contributed by atoms with Gasteiger partial charge in [0, 0.05) is 20.0 Å². The van der Waals surface area contributed by atoms with Crippen LogP contribution in [0, 0.1) is 0 Å². The number of ether oxygens (including phenoxy) is 2. The summed E-state index contributed by atoms with van der Waals surface area (Å²) in [6.07, 6.45) is -1.55. The Labute approximate surface area is 80.7 Å². The molecule has 1 N–H and O–H groups in total. The van der Waals surface area contributed by atoms with Gasteiger partial charge in [-0.3, -0.25) is 5.21 Å². The Morgan fingerprint density at radius 1 is 1.64 bits per heavy atom. The summed E-state index contributed by atoms with van der Waals surface area (Å²) >= 11 is 0. The number of hydrogen-bond acceptors (Lipinski definition) is 5. The van der Waals surface area contributed by atoms with Crippen molar-refractivity contribution in [3.05, 3.63) is 0 Å². The molecule has 0 aromatic carbocycles. The van der Waals surface area contributed by atoms with Crippen molar-refractivity contribution in [1.82, 2.24) is 9.96 Å². The van der Waals surface area contributed by atoms with Gasteiger partial charge in [0.05, 0.1) is 7.11 Å². The minimum absolute atomic E-state index is 0.341. The van der Waals surface area contributed by atoms with Gasteiger partial charge in [-0.15, -0.1) is 0 Å². The summed E-state index contributed by atoms with van der Waals surface area (Å²) < 4.78 is 8.88. The van der Waals surface area contributed by atoms with E-state index in [9.17, 15) is 14.8 Å². The third kappa shape index (κ3) is 2.05. The Morgan fingerprint density at radius 2 is 2.29 bits per heavy atom. The molecule has 1 heterocycles. The van der Waals surface area contributed by atoms with Crippen LogP contribution in [0.25, 0.3) is 0 Å². The number of rotatable bonds is 1. The predicted molar refractivity (Wildman–Crippen MR) is 43.5 cm³/mol. The molecule has 2 amide bonds. The molecule has 0 radical (unpaired) electrons. The van der Waals surface area contributed by atoms with Crippen molar-refractivity contribution < 1.29 is 24.3 Å². The minimum Gasteiger partial charge on any atom is -0.438 e. The predicted octanol–water partition coefficient (Wildman–Crippen LogP) is 0.242. The lowest BCUT2D eigenvalue weighted by atomic mass is 10.3. The number of carbonyl (C=O) groups is 2. The summed E-state index contributed by atoms with van der Waals surface area (Å²) in [4.78, 5) is 23.2. The first-order valence-corrected chi connectivity index (χ1v) is 4.04. The summed E-state index contributed by atoms with van der Waals surface area (Å²) in [7, 11) is 2.70. The summed E-state index contributed by atoms with van der Waals surface area (Å²) in [5.41, 5.74) is 0. The zero-order chi connectivity index (χ0) is 10.7. The van der Waals surface area contributed by atoms with Gasteiger partial charge in [-0.25, -0.2) is 9.59 Å². The molecule has 0 aliphatic carbocycles. The van der Waals surface area contributed by atoms with Crippen molar-refractivity contribution in [2.45, 2.75) is 12.6 Å². The first-order chi connectivity index (χ1) is 6.56. The van der Waals surface area contributed by atoms with Crippen molar-refractivity contribution in [2.75, 3.05) is 20.7 Å². The van der Waals surface area contributed by atoms with Crippen molar-refractivity contribution in [3.63, 3.8) is 0 Å². The van der Waals surface area contributed by atoms with E-state index in [4.69, 9.17) is 0 Å². The first kappa shape index (κ1) is 10.6. The molecule has 1 aliphatic heterocycles. The zero-order valence-corrected chi connectivity index (χ0v) is 7.97. The highest BCUT2D eigenvalue weighted by Gasteiger charge is 2.33. The van der Waals surface area contributed by atoms with E-state index in [0.717, 1.165) is 7.11 Å². The SMILES string of the molecule is COC(=O)OC1CCN(C)C(=O)N1O. The van der Waals surface area contributed by atoms with Crippen LogP contribution in [0.2, 0.25) is 0 Å². The third-order valence-corrected chi connectivity index (χ3v) is 1.91. The van der Waals surface area contributed by atoms with Gasteiger partial charge in [0.25, 0.3) is 0 Å². The van der Waals surface area contributed by atoms with Gasteiger partial charge in [-0.2, -0.15) is 5.06 Å². The Kier molecular flexibility index (Phi) is 3.13. The topological polar surface area (TPSA) is 79.3 Å². The Morgan fingerprint density at radius 3 is 2.86 bits per heavy atom. The number of amides is 2. The number of methoxy groups -OCH3 is 1. The molecule has 1 atom stereocenters. The summed E-state index contributed by atoms with van der Waals surface area (Å²) in [5, 5.41) is 9.64. The second kappa shape index (κ2) is 4.14. The maximum Gasteiger partial charge on any atom is 0.510 e. The van der Waals surface area contributed by atoms with Gasteiger partial charge in [0.2, 0.25) is 6.23 Å². The van der Waals surface area contributed by atoms with E-state index in [0.29, 0.717) is 18.0 Å². The molecule has 1 fully saturated rings. The van der Waals surface area contributed by atoms with Crippen LogP contribution >= 0.6 is 0 Å². The number of urea groups is 1. The largest absolute Gasteiger partial charge is 0.510 e. The highest BCUT2D eigenvalue weighted by molar-refractivity contribution is 5.74. The molecule has 1 unspecified atom stereocenters. The van der Waals surface area contributed by atoms with Gasteiger partial charge in [-0.05, 0) is 0 Å². The fraction of sp³-hybridized carbons (Fsp3) is 0.714. The first-order valence-electron chi connectivity index (χ1n) is 4.04. The minimum atomic E-state index is -0.967. The fourth-order valence-corrected chi connectivity index (χ4v) is 1.09. The van der Waals surface area contributed by atoms with Crippen LogP contribution in [-0.2, 0) is 9.47 Å². The molecular weight excluding hydrogens is 192 g/mol. The number of nitrogens with zero attached hydrogens (tertiary/aromatic N) is 2. The molecule has 7 heteroatoms. The van der Waals surface area contributed by atoms with Crippen molar-refractivity contribution in [2.24, 2.45) is 0 Å². The quantitative estimate of drug-likeness (QED) is 0.489. The lowest BCUT2D eigenvalue weighted by Crippen LogP contribution is -2.52. The van der Waals surface area contributed by atoms with E-state index in [1.807, 2.05) is 0 Å². The van der Waals surface area contributed by atoms with Crippen LogP contribution in [0.1, 0.15) is 6.42 Å². The van der Waals surface area contributed by atoms with E-state index in [-0.39, 0.29) is 0 Å². The van der Waals surface area contributed by atoms with Gasteiger partial charge in [0.1, 0.15) is 0 Å². The summed E-state index contributed by atoms with van der Waals surface area (Å²) in [6.45, 7) is 0.414. The fourth-order valence-electron chi connectivity index (χ4n) is 1.09. The average molecular weight is 204 g/mol. The van der Waals surface area contributed by atoms with Crippen LogP contribution in [0.5, 0.6) is 0 Å². The third-order valence-electron chi connectivity index (χ3n) is 1.91. The number of hydrogen-bond donors (Lipinski definition) is 1. The standard InChI is InChI=1S/C7H12N2O5/c1-8-4-3-5(9(12)6(8)10)14-7(11)13-2/h5,12H,3-4H2,1-2H3. The number of carbonyl (C=O) groups excluding carboxylic acids is 2.